The number of nitrogens with two attached hydrogens (primary N) is 1. The number of rotatable bonds is 2. The van der Waals surface area contributed by atoms with Crippen LogP contribution in [0.15, 0.2) is 6.20 Å². The summed E-state index contributed by atoms with van der Waals surface area (Å²) in [6.07, 6.45) is -3.98. The number of nitrogens with zero attached hydrogens (tertiary/aromatic N) is 2. The van der Waals surface area contributed by atoms with Gasteiger partial charge >= 0.3 is 6.36 Å². The fourth-order valence-corrected chi connectivity index (χ4v) is 1.25. The Labute approximate surface area is 93.4 Å². The maximum absolute atomic E-state index is 12.0. The van der Waals surface area contributed by atoms with Crippen LogP contribution in [-0.2, 0) is 5.88 Å². The Morgan fingerprint density at radius 1 is 1.56 bits per heavy atom. The lowest BCUT2D eigenvalue weighted by atomic mass is 10.1. The van der Waals surface area contributed by atoms with Crippen LogP contribution in [0.5, 0.6) is 5.88 Å². The molecule has 1 aromatic heterocycles. The number of ether oxygens (including phenoxy) is 1. The summed E-state index contributed by atoms with van der Waals surface area (Å²) >= 11 is 5.42. The van der Waals surface area contributed by atoms with E-state index in [-0.39, 0.29) is 22.7 Å². The normalized spacial score (nSPS) is 10.9. The molecule has 0 aliphatic heterocycles. The Morgan fingerprint density at radius 2 is 2.19 bits per heavy atom. The summed E-state index contributed by atoms with van der Waals surface area (Å²) in [4.78, 5) is 3.34. The van der Waals surface area contributed by atoms with E-state index in [1.807, 2.05) is 0 Å². The summed E-state index contributed by atoms with van der Waals surface area (Å²) in [6.45, 7) is 0. The first-order chi connectivity index (χ1) is 7.39. The number of alkyl halides is 4. The van der Waals surface area contributed by atoms with Crippen LogP contribution in [0.3, 0.4) is 0 Å². The van der Waals surface area contributed by atoms with Gasteiger partial charge in [0.2, 0.25) is 5.88 Å². The van der Waals surface area contributed by atoms with Gasteiger partial charge in [-0.05, 0) is 0 Å². The van der Waals surface area contributed by atoms with Gasteiger partial charge in [-0.25, -0.2) is 4.98 Å². The maximum Gasteiger partial charge on any atom is 0.574 e. The molecule has 0 bridgehead atoms. The van der Waals surface area contributed by atoms with Crippen molar-refractivity contribution in [1.82, 2.24) is 4.98 Å². The molecule has 0 spiro atoms. The molecule has 0 radical (unpaired) electrons. The zero-order valence-electron chi connectivity index (χ0n) is 7.68. The van der Waals surface area contributed by atoms with Crippen LogP contribution >= 0.6 is 11.6 Å². The van der Waals surface area contributed by atoms with Crippen LogP contribution in [-0.4, -0.2) is 11.3 Å². The molecular weight excluding hydrogens is 247 g/mol. The van der Waals surface area contributed by atoms with Crippen molar-refractivity contribution in [2.45, 2.75) is 12.2 Å². The molecule has 1 heterocycles. The molecule has 86 valence electrons. The number of anilines is 1. The Morgan fingerprint density at radius 3 is 2.62 bits per heavy atom. The van der Waals surface area contributed by atoms with Gasteiger partial charge in [-0.3, -0.25) is 0 Å². The van der Waals surface area contributed by atoms with Crippen molar-refractivity contribution in [2.75, 3.05) is 5.73 Å². The van der Waals surface area contributed by atoms with Crippen LogP contribution in [0.1, 0.15) is 11.1 Å². The fourth-order valence-electron chi connectivity index (χ4n) is 1.01. The zero-order valence-corrected chi connectivity index (χ0v) is 8.43. The molecule has 1 rings (SSSR count). The van der Waals surface area contributed by atoms with Gasteiger partial charge in [0.15, 0.2) is 0 Å². The highest BCUT2D eigenvalue weighted by Gasteiger charge is 2.33. The average molecular weight is 252 g/mol. The van der Waals surface area contributed by atoms with Crippen LogP contribution in [0.4, 0.5) is 18.9 Å². The number of pyridine rings is 1. The number of aromatic nitrogens is 1. The van der Waals surface area contributed by atoms with E-state index in [2.05, 4.69) is 9.72 Å². The molecular formula is C8H5ClF3N3O. The minimum absolute atomic E-state index is 0.0484. The first-order valence-corrected chi connectivity index (χ1v) is 4.41. The van der Waals surface area contributed by atoms with E-state index in [1.54, 1.807) is 6.07 Å². The molecule has 4 nitrogen and oxygen atoms in total. The van der Waals surface area contributed by atoms with E-state index in [0.717, 1.165) is 6.20 Å². The summed E-state index contributed by atoms with van der Waals surface area (Å²) in [5, 5.41) is 8.70. The highest BCUT2D eigenvalue weighted by atomic mass is 35.5. The highest BCUT2D eigenvalue weighted by Crippen LogP contribution is 2.29. The molecule has 0 unspecified atom stereocenters. The standard InChI is InChI=1S/C8H5ClF3N3O/c9-1-4-5(2-13)6(14)3-15-7(4)16-8(10,11)12/h3H,1,14H2. The van der Waals surface area contributed by atoms with Gasteiger partial charge in [0.1, 0.15) is 6.07 Å². The molecule has 0 aromatic carbocycles. The van der Waals surface area contributed by atoms with Gasteiger partial charge < -0.3 is 10.5 Å². The molecule has 0 aliphatic carbocycles. The second-order valence-electron chi connectivity index (χ2n) is 2.67. The van der Waals surface area contributed by atoms with Gasteiger partial charge in [-0.1, -0.05) is 0 Å². The minimum Gasteiger partial charge on any atom is -0.396 e. The molecule has 0 saturated carbocycles. The van der Waals surface area contributed by atoms with E-state index < -0.39 is 12.2 Å². The molecule has 0 atom stereocenters. The Bertz CT molecular complexity index is 441. The summed E-state index contributed by atoms with van der Waals surface area (Å²) in [5.41, 5.74) is 4.97. The number of halogens is 4. The second kappa shape index (κ2) is 4.45. The van der Waals surface area contributed by atoms with E-state index >= 15 is 0 Å². The predicted octanol–water partition coefficient (Wildman–Crippen LogP) is 2.17. The van der Waals surface area contributed by atoms with Crippen molar-refractivity contribution < 1.29 is 17.9 Å². The molecule has 0 amide bonds. The largest absolute Gasteiger partial charge is 0.574 e. The smallest absolute Gasteiger partial charge is 0.396 e. The van der Waals surface area contributed by atoms with Gasteiger partial charge in [0.25, 0.3) is 0 Å². The van der Waals surface area contributed by atoms with Gasteiger partial charge in [-0.15, -0.1) is 24.8 Å². The summed E-state index contributed by atoms with van der Waals surface area (Å²) in [6, 6.07) is 1.64. The van der Waals surface area contributed by atoms with Crippen molar-refractivity contribution in [3.05, 3.63) is 17.3 Å². The summed E-state index contributed by atoms with van der Waals surface area (Å²) in [7, 11) is 0. The average Bonchev–Trinajstić information content (AvgIpc) is 2.18. The lowest BCUT2D eigenvalue weighted by Crippen LogP contribution is -2.19. The third kappa shape index (κ3) is 2.67. The number of hydrogen-bond acceptors (Lipinski definition) is 4. The highest BCUT2D eigenvalue weighted by molar-refractivity contribution is 6.17. The molecule has 2 N–H and O–H groups in total. The van der Waals surface area contributed by atoms with Crippen LogP contribution in [0, 0.1) is 11.3 Å². The van der Waals surface area contributed by atoms with Gasteiger partial charge in [0.05, 0.1) is 23.3 Å². The third-order valence-electron chi connectivity index (χ3n) is 1.63. The first kappa shape index (κ1) is 12.4. The van der Waals surface area contributed by atoms with E-state index in [0.29, 0.717) is 0 Å². The minimum atomic E-state index is -4.89. The Hall–Kier alpha value is -1.68. The third-order valence-corrected chi connectivity index (χ3v) is 1.89. The molecule has 16 heavy (non-hydrogen) atoms. The lowest BCUT2D eigenvalue weighted by Gasteiger charge is -2.12. The van der Waals surface area contributed by atoms with Gasteiger partial charge in [-0.2, -0.15) is 5.26 Å². The Kier molecular flexibility index (Phi) is 3.44. The van der Waals surface area contributed by atoms with Crippen molar-refractivity contribution in [3.8, 4) is 11.9 Å². The predicted molar refractivity (Wildman–Crippen MR) is 49.6 cm³/mol. The van der Waals surface area contributed by atoms with Gasteiger partial charge in [0, 0.05) is 5.56 Å². The fraction of sp³-hybridized carbons (Fsp3) is 0.250. The first-order valence-electron chi connectivity index (χ1n) is 3.88. The maximum atomic E-state index is 12.0. The quantitative estimate of drug-likeness (QED) is 0.818. The van der Waals surface area contributed by atoms with Crippen LogP contribution < -0.4 is 10.5 Å². The molecule has 1 aromatic rings. The van der Waals surface area contributed by atoms with E-state index in [1.165, 1.54) is 0 Å². The molecule has 0 saturated heterocycles. The summed E-state index contributed by atoms with van der Waals surface area (Å²) < 4.78 is 39.5. The van der Waals surface area contributed by atoms with Crippen molar-refractivity contribution in [2.24, 2.45) is 0 Å². The lowest BCUT2D eigenvalue weighted by molar-refractivity contribution is -0.276. The monoisotopic (exact) mass is 251 g/mol. The topological polar surface area (TPSA) is 71.9 Å². The van der Waals surface area contributed by atoms with Crippen LogP contribution in [0.2, 0.25) is 0 Å². The molecule has 0 fully saturated rings. The molecule has 0 aliphatic rings. The number of nitriles is 1. The second-order valence-corrected chi connectivity index (χ2v) is 2.93. The van der Waals surface area contributed by atoms with Crippen molar-refractivity contribution in [3.63, 3.8) is 0 Å². The summed E-state index contributed by atoms with van der Waals surface area (Å²) in [5.74, 6) is -1.11. The zero-order chi connectivity index (χ0) is 12.3. The molecule has 8 heteroatoms. The number of nitrogen functional groups attached to an aromatic ring is 1. The SMILES string of the molecule is N#Cc1c(N)cnc(OC(F)(F)F)c1CCl. The van der Waals surface area contributed by atoms with E-state index in [9.17, 15) is 13.2 Å². The Balaban J connectivity index is 3.26. The van der Waals surface area contributed by atoms with Crippen molar-refractivity contribution in [1.29, 1.82) is 5.26 Å². The number of hydrogen-bond donors (Lipinski definition) is 1. The van der Waals surface area contributed by atoms with E-state index in [4.69, 9.17) is 22.6 Å². The van der Waals surface area contributed by atoms with Crippen LogP contribution in [0.25, 0.3) is 0 Å². The van der Waals surface area contributed by atoms with Crippen molar-refractivity contribution >= 4 is 17.3 Å².